The van der Waals surface area contributed by atoms with Crippen LogP contribution in [0.2, 0.25) is 0 Å². The molecule has 1 amide bonds. The van der Waals surface area contributed by atoms with E-state index in [1.54, 1.807) is 30.3 Å². The van der Waals surface area contributed by atoms with Crippen molar-refractivity contribution < 1.29 is 22.7 Å². The summed E-state index contributed by atoms with van der Waals surface area (Å²) in [5.41, 5.74) is -0.564. The monoisotopic (exact) mass is 498 g/mol. The molecule has 1 saturated heterocycles. The number of carbonyl (C=O) groups is 1. The van der Waals surface area contributed by atoms with E-state index >= 15 is 0 Å². The van der Waals surface area contributed by atoms with Crippen molar-refractivity contribution in [2.24, 2.45) is 10.9 Å². The fourth-order valence-electron chi connectivity index (χ4n) is 3.81. The second-order valence-corrected chi connectivity index (χ2v) is 9.10. The molecule has 0 spiro atoms. The third kappa shape index (κ3) is 4.02. The van der Waals surface area contributed by atoms with Crippen molar-refractivity contribution in [3.63, 3.8) is 0 Å². The van der Waals surface area contributed by atoms with E-state index in [4.69, 9.17) is 4.74 Å². The van der Waals surface area contributed by atoms with Crippen molar-refractivity contribution in [1.29, 1.82) is 0 Å². The van der Waals surface area contributed by atoms with E-state index in [9.17, 15) is 18.0 Å². The van der Waals surface area contributed by atoms with E-state index in [1.165, 1.54) is 17.8 Å². The Kier molecular flexibility index (Phi) is 6.22. The van der Waals surface area contributed by atoms with Gasteiger partial charge in [0.25, 0.3) is 5.91 Å². The second-order valence-electron chi connectivity index (χ2n) is 7.24. The molecule has 4 nitrogen and oxygen atoms in total. The molecule has 2 heterocycles. The zero-order chi connectivity index (χ0) is 21.3. The van der Waals surface area contributed by atoms with E-state index in [1.807, 2.05) is 0 Å². The highest BCUT2D eigenvalue weighted by atomic mass is 79.9. The summed E-state index contributed by atoms with van der Waals surface area (Å²) < 4.78 is 47.7. The first kappa shape index (κ1) is 21.4. The Morgan fingerprint density at radius 3 is 2.77 bits per heavy atom. The number of nitrogens with zero attached hydrogens (tertiary/aromatic N) is 1. The Bertz CT molecular complexity index is 992. The molecule has 3 atom stereocenters. The summed E-state index contributed by atoms with van der Waals surface area (Å²) in [4.78, 5) is 17.2. The summed E-state index contributed by atoms with van der Waals surface area (Å²) in [6.07, 6.45) is -0.243. The second kappa shape index (κ2) is 8.72. The minimum absolute atomic E-state index is 0.0630. The number of thioether (sulfide) groups is 1. The summed E-state index contributed by atoms with van der Waals surface area (Å²) in [6.45, 7) is -0.708. The van der Waals surface area contributed by atoms with Crippen molar-refractivity contribution in [1.82, 2.24) is 5.32 Å². The van der Waals surface area contributed by atoms with Gasteiger partial charge >= 0.3 is 0 Å². The van der Waals surface area contributed by atoms with Crippen LogP contribution in [0.5, 0.6) is 0 Å². The molecular weight excluding hydrogens is 481 g/mol. The van der Waals surface area contributed by atoms with Gasteiger partial charge in [-0.05, 0) is 40.5 Å². The van der Waals surface area contributed by atoms with Crippen LogP contribution in [0, 0.1) is 17.6 Å². The average molecular weight is 499 g/mol. The highest BCUT2D eigenvalue weighted by Gasteiger charge is 2.50. The van der Waals surface area contributed by atoms with Crippen molar-refractivity contribution in [3.8, 4) is 0 Å². The van der Waals surface area contributed by atoms with Crippen LogP contribution in [0.25, 0.3) is 0 Å². The summed E-state index contributed by atoms with van der Waals surface area (Å²) in [6, 6.07) is 10.8. The highest BCUT2D eigenvalue weighted by Crippen LogP contribution is 2.47. The molecule has 2 aromatic rings. The van der Waals surface area contributed by atoms with Crippen LogP contribution in [-0.2, 0) is 10.3 Å². The van der Waals surface area contributed by atoms with Crippen LogP contribution in [0.4, 0.5) is 13.2 Å². The Hall–Kier alpha value is -1.84. The first-order chi connectivity index (χ1) is 14.4. The number of benzene rings is 2. The highest BCUT2D eigenvalue weighted by molar-refractivity contribution is 9.10. The van der Waals surface area contributed by atoms with Gasteiger partial charge in [0.1, 0.15) is 23.8 Å². The average Bonchev–Trinajstić information content (AvgIpc) is 2.76. The van der Waals surface area contributed by atoms with Crippen LogP contribution >= 0.6 is 27.7 Å². The van der Waals surface area contributed by atoms with Crippen LogP contribution in [0.1, 0.15) is 22.3 Å². The Labute approximate surface area is 184 Å². The first-order valence-electron chi connectivity index (χ1n) is 9.34. The minimum atomic E-state index is -1.18. The summed E-state index contributed by atoms with van der Waals surface area (Å²) in [5.74, 6) is -1.57. The molecule has 0 aliphatic carbocycles. The minimum Gasteiger partial charge on any atom is -0.373 e. The molecule has 0 saturated carbocycles. The standard InChI is InChI=1S/C21H18BrF3N2O2S/c22-16-7-15(17(24)8-18(16)25)21-11-29-14(9-23)6-13(21)10-30-20(27-21)26-19(28)12-4-2-1-3-5-12/h1-5,7-8,13-14H,6,9-11H2,(H,26,27,28)/t13-,14?,21-/m0/s1. The maximum Gasteiger partial charge on any atom is 0.257 e. The fraction of sp³-hybridized carbons (Fsp3) is 0.333. The molecule has 0 aromatic heterocycles. The molecule has 9 heteroatoms. The van der Waals surface area contributed by atoms with E-state index < -0.39 is 30.0 Å². The Balaban J connectivity index is 1.73. The molecule has 1 fully saturated rings. The van der Waals surface area contributed by atoms with E-state index in [-0.39, 0.29) is 28.5 Å². The smallest absolute Gasteiger partial charge is 0.257 e. The lowest BCUT2D eigenvalue weighted by Crippen LogP contribution is -2.51. The normalized spacial score (nSPS) is 25.9. The lowest BCUT2D eigenvalue weighted by molar-refractivity contribution is -0.0653. The van der Waals surface area contributed by atoms with Gasteiger partial charge in [-0.3, -0.25) is 4.79 Å². The molecule has 0 bridgehead atoms. The largest absolute Gasteiger partial charge is 0.373 e. The maximum atomic E-state index is 14.9. The van der Waals surface area contributed by atoms with Crippen molar-refractivity contribution in [3.05, 3.63) is 69.7 Å². The van der Waals surface area contributed by atoms with Gasteiger partial charge < -0.3 is 10.1 Å². The Morgan fingerprint density at radius 1 is 1.27 bits per heavy atom. The number of aliphatic imine (C=N–C) groups is 1. The summed E-state index contributed by atoms with van der Waals surface area (Å²) in [5, 5.41) is 3.09. The molecule has 2 aromatic carbocycles. The predicted molar refractivity (Wildman–Crippen MR) is 113 cm³/mol. The lowest BCUT2D eigenvalue weighted by Gasteiger charge is -2.46. The number of nitrogens with one attached hydrogen (secondary N) is 1. The van der Waals surface area contributed by atoms with E-state index in [0.717, 1.165) is 6.07 Å². The summed E-state index contributed by atoms with van der Waals surface area (Å²) >= 11 is 4.43. The van der Waals surface area contributed by atoms with Crippen LogP contribution in [0.3, 0.4) is 0 Å². The summed E-state index contributed by atoms with van der Waals surface area (Å²) in [7, 11) is 0. The third-order valence-corrected chi connectivity index (χ3v) is 7.03. The molecule has 30 heavy (non-hydrogen) atoms. The van der Waals surface area contributed by atoms with E-state index in [0.29, 0.717) is 22.9 Å². The molecule has 2 aliphatic heterocycles. The fourth-order valence-corrected chi connectivity index (χ4v) is 5.31. The third-order valence-electron chi connectivity index (χ3n) is 5.39. The number of hydrogen-bond acceptors (Lipinski definition) is 4. The van der Waals surface area contributed by atoms with Gasteiger partial charge in [-0.25, -0.2) is 18.2 Å². The quantitative estimate of drug-likeness (QED) is 0.616. The number of amidine groups is 1. The van der Waals surface area contributed by atoms with Gasteiger partial charge in [-0.1, -0.05) is 30.0 Å². The van der Waals surface area contributed by atoms with Gasteiger partial charge in [-0.2, -0.15) is 0 Å². The van der Waals surface area contributed by atoms with Crippen molar-refractivity contribution in [2.45, 2.75) is 18.1 Å². The van der Waals surface area contributed by atoms with Gasteiger partial charge in [0.2, 0.25) is 0 Å². The number of halogens is 4. The van der Waals surface area contributed by atoms with Gasteiger partial charge in [-0.15, -0.1) is 0 Å². The van der Waals surface area contributed by atoms with Gasteiger partial charge in [0, 0.05) is 28.9 Å². The number of alkyl halides is 1. The molecule has 158 valence electrons. The topological polar surface area (TPSA) is 50.7 Å². The SMILES string of the molecule is O=C(NC1=N[C@@]2(c3cc(Br)c(F)cc3F)COC(CF)C[C@H]2CS1)c1ccccc1. The number of amides is 1. The van der Waals surface area contributed by atoms with Crippen molar-refractivity contribution >= 4 is 38.8 Å². The first-order valence-corrected chi connectivity index (χ1v) is 11.1. The zero-order valence-corrected chi connectivity index (χ0v) is 18.1. The molecule has 1 unspecified atom stereocenters. The molecule has 1 N–H and O–H groups in total. The molecule has 0 radical (unpaired) electrons. The number of rotatable bonds is 3. The van der Waals surface area contributed by atoms with Crippen LogP contribution < -0.4 is 5.32 Å². The molecular formula is C21H18BrF3N2O2S. The molecule has 2 aliphatic rings. The van der Waals surface area contributed by atoms with Crippen LogP contribution in [0.15, 0.2) is 51.9 Å². The zero-order valence-electron chi connectivity index (χ0n) is 15.7. The van der Waals surface area contributed by atoms with Gasteiger partial charge in [0.05, 0.1) is 17.2 Å². The number of hydrogen-bond donors (Lipinski definition) is 1. The molecule has 4 rings (SSSR count). The Morgan fingerprint density at radius 2 is 2.03 bits per heavy atom. The van der Waals surface area contributed by atoms with E-state index in [2.05, 4.69) is 26.2 Å². The lowest BCUT2D eigenvalue weighted by atomic mass is 9.75. The van der Waals surface area contributed by atoms with Crippen molar-refractivity contribution in [2.75, 3.05) is 19.0 Å². The maximum absolute atomic E-state index is 14.9. The number of fused-ring (bicyclic) bond motifs is 1. The van der Waals surface area contributed by atoms with Crippen LogP contribution in [-0.4, -0.2) is 36.2 Å². The number of ether oxygens (including phenoxy) is 1. The van der Waals surface area contributed by atoms with Gasteiger partial charge in [0.15, 0.2) is 5.17 Å². The number of carbonyl (C=O) groups excluding carboxylic acids is 1. The predicted octanol–water partition coefficient (Wildman–Crippen LogP) is 4.83.